The molecular formula is C19H19ClFNO. The minimum Gasteiger partial charge on any atom is -0.299 e. The van der Waals surface area contributed by atoms with E-state index in [1.165, 1.54) is 43.0 Å². The van der Waals surface area contributed by atoms with Gasteiger partial charge in [0.25, 0.3) is 0 Å². The molecule has 23 heavy (non-hydrogen) atoms. The summed E-state index contributed by atoms with van der Waals surface area (Å²) in [4.78, 5) is 14.8. The Morgan fingerprint density at radius 2 is 1.74 bits per heavy atom. The molecular weight excluding hydrogens is 313 g/mol. The van der Waals surface area contributed by atoms with E-state index in [-0.39, 0.29) is 16.4 Å². The molecule has 3 rings (SSSR count). The fourth-order valence-electron chi connectivity index (χ4n) is 2.97. The van der Waals surface area contributed by atoms with Crippen molar-refractivity contribution in [2.45, 2.75) is 25.8 Å². The number of likely N-dealkylation sites (tertiary alicyclic amines) is 1. The van der Waals surface area contributed by atoms with Gasteiger partial charge in [-0.3, -0.25) is 9.69 Å². The Morgan fingerprint density at radius 3 is 2.39 bits per heavy atom. The molecule has 0 atom stereocenters. The van der Waals surface area contributed by atoms with Crippen LogP contribution in [0.25, 0.3) is 0 Å². The van der Waals surface area contributed by atoms with E-state index in [1.54, 1.807) is 12.1 Å². The molecule has 1 saturated heterocycles. The predicted molar refractivity (Wildman–Crippen MR) is 90.4 cm³/mol. The summed E-state index contributed by atoms with van der Waals surface area (Å²) in [6, 6.07) is 11.6. The molecule has 0 saturated carbocycles. The maximum Gasteiger partial charge on any atom is 0.195 e. The lowest BCUT2D eigenvalue weighted by Gasteiger charge is -2.26. The number of hydrogen-bond acceptors (Lipinski definition) is 2. The topological polar surface area (TPSA) is 20.3 Å². The van der Waals surface area contributed by atoms with Crippen molar-refractivity contribution >= 4 is 17.4 Å². The summed E-state index contributed by atoms with van der Waals surface area (Å²) in [6.45, 7) is 3.18. The van der Waals surface area contributed by atoms with Crippen LogP contribution in [0.5, 0.6) is 0 Å². The number of carbonyl (C=O) groups is 1. The van der Waals surface area contributed by atoms with Crippen LogP contribution in [-0.4, -0.2) is 23.8 Å². The molecule has 0 amide bonds. The molecule has 1 fully saturated rings. The smallest absolute Gasteiger partial charge is 0.195 e. The summed E-state index contributed by atoms with van der Waals surface area (Å²) in [5.41, 5.74) is 1.73. The van der Waals surface area contributed by atoms with Crippen LogP contribution in [0.1, 0.15) is 40.7 Å². The van der Waals surface area contributed by atoms with Gasteiger partial charge in [-0.05, 0) is 49.7 Å². The third-order valence-corrected chi connectivity index (χ3v) is 4.48. The zero-order chi connectivity index (χ0) is 16.2. The van der Waals surface area contributed by atoms with Crippen molar-refractivity contribution in [2.75, 3.05) is 13.1 Å². The van der Waals surface area contributed by atoms with Gasteiger partial charge in [0.05, 0.1) is 5.56 Å². The van der Waals surface area contributed by atoms with Crippen LogP contribution in [0.15, 0.2) is 42.5 Å². The Kier molecular flexibility index (Phi) is 5.09. The molecule has 2 aromatic carbocycles. The van der Waals surface area contributed by atoms with Crippen molar-refractivity contribution < 1.29 is 9.18 Å². The molecule has 120 valence electrons. The van der Waals surface area contributed by atoms with Gasteiger partial charge in [0.2, 0.25) is 0 Å². The normalized spacial score (nSPS) is 15.6. The van der Waals surface area contributed by atoms with E-state index >= 15 is 0 Å². The monoisotopic (exact) mass is 331 g/mol. The second-order valence-electron chi connectivity index (χ2n) is 5.99. The minimum atomic E-state index is -0.583. The molecule has 2 nitrogen and oxygen atoms in total. The van der Waals surface area contributed by atoms with Gasteiger partial charge in [-0.25, -0.2) is 4.39 Å². The lowest BCUT2D eigenvalue weighted by molar-refractivity contribution is 0.103. The van der Waals surface area contributed by atoms with Crippen molar-refractivity contribution in [2.24, 2.45) is 0 Å². The maximum atomic E-state index is 13.9. The van der Waals surface area contributed by atoms with Crippen molar-refractivity contribution in [1.29, 1.82) is 0 Å². The third kappa shape index (κ3) is 3.98. The van der Waals surface area contributed by atoms with E-state index in [0.29, 0.717) is 5.56 Å². The van der Waals surface area contributed by atoms with Gasteiger partial charge in [-0.1, -0.05) is 42.3 Å². The van der Waals surface area contributed by atoms with E-state index < -0.39 is 5.82 Å². The van der Waals surface area contributed by atoms with Crippen LogP contribution < -0.4 is 0 Å². The Balaban J connectivity index is 1.72. The Hall–Kier alpha value is -1.71. The van der Waals surface area contributed by atoms with Crippen LogP contribution in [0, 0.1) is 5.82 Å². The highest BCUT2D eigenvalue weighted by atomic mass is 35.5. The lowest BCUT2D eigenvalue weighted by atomic mass is 10.0. The third-order valence-electron chi connectivity index (χ3n) is 4.25. The van der Waals surface area contributed by atoms with Gasteiger partial charge in [-0.15, -0.1) is 0 Å². The van der Waals surface area contributed by atoms with Gasteiger partial charge in [0.1, 0.15) is 5.82 Å². The van der Waals surface area contributed by atoms with Crippen LogP contribution in [0.2, 0.25) is 5.02 Å². The highest BCUT2D eigenvalue weighted by Gasteiger charge is 2.15. The number of piperidine rings is 1. The zero-order valence-corrected chi connectivity index (χ0v) is 13.7. The molecule has 0 N–H and O–H groups in total. The second kappa shape index (κ2) is 7.24. The average molecular weight is 332 g/mol. The predicted octanol–water partition coefficient (Wildman–Crippen LogP) is 4.70. The number of nitrogens with zero attached hydrogens (tertiary/aromatic N) is 1. The number of rotatable bonds is 4. The molecule has 1 heterocycles. The van der Waals surface area contributed by atoms with Gasteiger partial charge in [0.15, 0.2) is 5.78 Å². The van der Waals surface area contributed by atoms with Gasteiger partial charge in [-0.2, -0.15) is 0 Å². The summed E-state index contributed by atoms with van der Waals surface area (Å²) < 4.78 is 13.9. The molecule has 0 aliphatic carbocycles. The number of carbonyl (C=O) groups excluding carboxylic acids is 1. The summed E-state index contributed by atoms with van der Waals surface area (Å²) in [5, 5.41) is 0.288. The maximum absolute atomic E-state index is 13.9. The van der Waals surface area contributed by atoms with Crippen molar-refractivity contribution in [3.8, 4) is 0 Å². The molecule has 0 radical (unpaired) electrons. The Labute approximate surface area is 140 Å². The van der Waals surface area contributed by atoms with Gasteiger partial charge >= 0.3 is 0 Å². The average Bonchev–Trinajstić information content (AvgIpc) is 2.56. The van der Waals surface area contributed by atoms with Crippen molar-refractivity contribution in [3.05, 3.63) is 70.0 Å². The molecule has 0 unspecified atom stereocenters. The van der Waals surface area contributed by atoms with E-state index in [4.69, 9.17) is 11.6 Å². The van der Waals surface area contributed by atoms with Crippen molar-refractivity contribution in [1.82, 2.24) is 4.90 Å². The SMILES string of the molecule is O=C(c1ccc(CN2CCCCC2)cc1)c1ccc(Cl)cc1F. The Morgan fingerprint density at radius 1 is 1.04 bits per heavy atom. The molecule has 0 aromatic heterocycles. The molecule has 4 heteroatoms. The number of halogens is 2. The highest BCUT2D eigenvalue weighted by Crippen LogP contribution is 2.19. The number of ketones is 1. The van der Waals surface area contributed by atoms with E-state index in [2.05, 4.69) is 4.90 Å². The standard InChI is InChI=1S/C19H19ClFNO/c20-16-8-9-17(18(21)12-16)19(23)15-6-4-14(5-7-15)13-22-10-2-1-3-11-22/h4-9,12H,1-3,10-11,13H2. The van der Waals surface area contributed by atoms with Crippen LogP contribution in [0.3, 0.4) is 0 Å². The molecule has 0 bridgehead atoms. The van der Waals surface area contributed by atoms with Gasteiger partial charge < -0.3 is 0 Å². The highest BCUT2D eigenvalue weighted by molar-refractivity contribution is 6.30. The quantitative estimate of drug-likeness (QED) is 0.757. The molecule has 2 aromatic rings. The largest absolute Gasteiger partial charge is 0.299 e. The molecule has 1 aliphatic heterocycles. The Bertz CT molecular complexity index is 693. The van der Waals surface area contributed by atoms with Crippen LogP contribution in [-0.2, 0) is 6.54 Å². The fourth-order valence-corrected chi connectivity index (χ4v) is 3.13. The first-order chi connectivity index (χ1) is 11.1. The summed E-state index contributed by atoms with van der Waals surface area (Å²) in [6.07, 6.45) is 3.83. The van der Waals surface area contributed by atoms with Gasteiger partial charge in [0, 0.05) is 17.1 Å². The summed E-state index contributed by atoms with van der Waals surface area (Å²) in [5.74, 6) is -0.899. The van der Waals surface area contributed by atoms with Crippen LogP contribution >= 0.6 is 11.6 Å². The van der Waals surface area contributed by atoms with E-state index in [0.717, 1.165) is 19.6 Å². The van der Waals surface area contributed by atoms with Crippen molar-refractivity contribution in [3.63, 3.8) is 0 Å². The lowest BCUT2D eigenvalue weighted by Crippen LogP contribution is -2.29. The number of hydrogen-bond donors (Lipinski definition) is 0. The summed E-state index contributed by atoms with van der Waals surface area (Å²) >= 11 is 5.73. The van der Waals surface area contributed by atoms with E-state index in [1.807, 2.05) is 12.1 Å². The summed E-state index contributed by atoms with van der Waals surface area (Å²) in [7, 11) is 0. The zero-order valence-electron chi connectivity index (χ0n) is 12.9. The second-order valence-corrected chi connectivity index (χ2v) is 6.42. The minimum absolute atomic E-state index is 0.0539. The first-order valence-electron chi connectivity index (χ1n) is 7.94. The first kappa shape index (κ1) is 16.2. The fraction of sp³-hybridized carbons (Fsp3) is 0.316. The molecule has 1 aliphatic rings. The molecule has 0 spiro atoms. The first-order valence-corrected chi connectivity index (χ1v) is 8.32. The van der Waals surface area contributed by atoms with E-state index in [9.17, 15) is 9.18 Å². The van der Waals surface area contributed by atoms with Crippen LogP contribution in [0.4, 0.5) is 4.39 Å². The number of benzene rings is 2.